The molecule has 0 radical (unpaired) electrons. The van der Waals surface area contributed by atoms with Crippen molar-refractivity contribution in [3.63, 3.8) is 0 Å². The fourth-order valence-corrected chi connectivity index (χ4v) is 1.77. The second-order valence-corrected chi connectivity index (χ2v) is 3.34. The van der Waals surface area contributed by atoms with Gasteiger partial charge in [-0.25, -0.2) is 0 Å². The van der Waals surface area contributed by atoms with Gasteiger partial charge in [0.05, 0.1) is 0 Å². The molecule has 1 aliphatic heterocycles. The number of benzene rings is 1. The molecule has 1 N–H and O–H groups in total. The second kappa shape index (κ2) is 2.70. The van der Waals surface area contributed by atoms with Crippen LogP contribution in [0.15, 0.2) is 18.2 Å². The normalized spacial score (nSPS) is 15.9. The number of hydrogen-bond donors (Lipinski definition) is 1. The molecular weight excluding hydrogens is 150 g/mol. The van der Waals surface area contributed by atoms with Gasteiger partial charge in [0.25, 0.3) is 0 Å². The number of hydrogen-bond acceptors (Lipinski definition) is 2. The first-order valence-corrected chi connectivity index (χ1v) is 4.30. The van der Waals surface area contributed by atoms with Gasteiger partial charge in [-0.3, -0.25) is 0 Å². The minimum Gasteiger partial charge on any atom is -0.508 e. The summed E-state index contributed by atoms with van der Waals surface area (Å²) in [6.45, 7) is 1.12. The summed E-state index contributed by atoms with van der Waals surface area (Å²) in [7, 11) is 2.09. The molecule has 0 saturated heterocycles. The van der Waals surface area contributed by atoms with Crippen LogP contribution in [0.25, 0.3) is 0 Å². The molecule has 0 bridgehead atoms. The van der Waals surface area contributed by atoms with Gasteiger partial charge in [0.15, 0.2) is 0 Å². The Morgan fingerprint density at radius 1 is 1.42 bits per heavy atom. The third-order valence-corrected chi connectivity index (χ3v) is 2.41. The van der Waals surface area contributed by atoms with E-state index in [2.05, 4.69) is 11.9 Å². The molecule has 0 spiro atoms. The third-order valence-electron chi connectivity index (χ3n) is 2.41. The maximum Gasteiger partial charge on any atom is 0.116 e. The van der Waals surface area contributed by atoms with Crippen LogP contribution in [0, 0.1) is 0 Å². The second-order valence-electron chi connectivity index (χ2n) is 3.34. The Kier molecular flexibility index (Phi) is 1.68. The van der Waals surface area contributed by atoms with E-state index in [0.717, 1.165) is 13.0 Å². The molecule has 12 heavy (non-hydrogen) atoms. The highest BCUT2D eigenvalue weighted by atomic mass is 16.3. The first kappa shape index (κ1) is 7.47. The minimum absolute atomic E-state index is 0.379. The number of fused-ring (bicyclic) bond motifs is 1. The van der Waals surface area contributed by atoms with E-state index in [9.17, 15) is 5.11 Å². The lowest BCUT2D eigenvalue weighted by molar-refractivity contribution is 0.474. The number of nitrogens with zero attached hydrogens (tertiary/aromatic N) is 1. The summed E-state index contributed by atoms with van der Waals surface area (Å²) < 4.78 is 0. The van der Waals surface area contributed by atoms with Crippen LogP contribution >= 0.6 is 0 Å². The molecule has 64 valence electrons. The van der Waals surface area contributed by atoms with Crippen molar-refractivity contribution in [2.45, 2.75) is 12.8 Å². The monoisotopic (exact) mass is 163 g/mol. The lowest BCUT2D eigenvalue weighted by Gasteiger charge is -2.27. The molecule has 1 heterocycles. The molecule has 0 fully saturated rings. The van der Waals surface area contributed by atoms with Gasteiger partial charge in [-0.1, -0.05) is 0 Å². The maximum absolute atomic E-state index is 9.26. The van der Waals surface area contributed by atoms with E-state index in [1.807, 2.05) is 12.1 Å². The van der Waals surface area contributed by atoms with Crippen molar-refractivity contribution in [2.24, 2.45) is 0 Å². The molecule has 1 aromatic carbocycles. The Labute approximate surface area is 72.4 Å². The van der Waals surface area contributed by atoms with Gasteiger partial charge in [0.2, 0.25) is 0 Å². The van der Waals surface area contributed by atoms with Crippen LogP contribution in [0.1, 0.15) is 12.0 Å². The van der Waals surface area contributed by atoms with Gasteiger partial charge in [-0.05, 0) is 36.6 Å². The molecular formula is C10H13NO. The Bertz CT molecular complexity index is 296. The summed E-state index contributed by atoms with van der Waals surface area (Å²) in [5.41, 5.74) is 2.53. The highest BCUT2D eigenvalue weighted by molar-refractivity contribution is 5.57. The molecule has 2 heteroatoms. The SMILES string of the molecule is CN1CCCc2cc(O)ccc21. The maximum atomic E-state index is 9.26. The van der Waals surface area contributed by atoms with Crippen molar-refractivity contribution in [3.8, 4) is 5.75 Å². The fraction of sp³-hybridized carbons (Fsp3) is 0.400. The van der Waals surface area contributed by atoms with Gasteiger partial charge in [0, 0.05) is 19.3 Å². The van der Waals surface area contributed by atoms with Crippen LogP contribution in [-0.2, 0) is 6.42 Å². The van der Waals surface area contributed by atoms with Crippen molar-refractivity contribution in [1.29, 1.82) is 0 Å². The smallest absolute Gasteiger partial charge is 0.116 e. The van der Waals surface area contributed by atoms with E-state index in [4.69, 9.17) is 0 Å². The quantitative estimate of drug-likeness (QED) is 0.630. The largest absolute Gasteiger partial charge is 0.508 e. The van der Waals surface area contributed by atoms with Crippen molar-refractivity contribution in [2.75, 3.05) is 18.5 Å². The van der Waals surface area contributed by atoms with Gasteiger partial charge < -0.3 is 10.0 Å². The predicted molar refractivity (Wildman–Crippen MR) is 49.7 cm³/mol. The Hall–Kier alpha value is -1.18. The van der Waals surface area contributed by atoms with Crippen molar-refractivity contribution >= 4 is 5.69 Å². The van der Waals surface area contributed by atoms with Crippen molar-refractivity contribution in [3.05, 3.63) is 23.8 Å². The van der Waals surface area contributed by atoms with E-state index in [1.54, 1.807) is 6.07 Å². The van der Waals surface area contributed by atoms with Crippen molar-refractivity contribution < 1.29 is 5.11 Å². The topological polar surface area (TPSA) is 23.5 Å². The first-order chi connectivity index (χ1) is 5.77. The Morgan fingerprint density at radius 2 is 2.25 bits per heavy atom. The lowest BCUT2D eigenvalue weighted by Crippen LogP contribution is -2.24. The first-order valence-electron chi connectivity index (χ1n) is 4.30. The van der Waals surface area contributed by atoms with Crippen LogP contribution in [-0.4, -0.2) is 18.7 Å². The Balaban J connectivity index is 2.46. The van der Waals surface area contributed by atoms with Crippen LogP contribution in [0.5, 0.6) is 5.75 Å². The summed E-state index contributed by atoms with van der Waals surface area (Å²) in [6.07, 6.45) is 2.28. The fourth-order valence-electron chi connectivity index (χ4n) is 1.77. The molecule has 0 saturated carbocycles. The lowest BCUT2D eigenvalue weighted by atomic mass is 10.0. The number of phenolic OH excluding ortho intramolecular Hbond substituents is 1. The molecule has 1 aliphatic rings. The van der Waals surface area contributed by atoms with Crippen LogP contribution in [0.2, 0.25) is 0 Å². The van der Waals surface area contributed by atoms with E-state index in [0.29, 0.717) is 5.75 Å². The summed E-state index contributed by atoms with van der Waals surface area (Å²) in [4.78, 5) is 2.23. The summed E-state index contributed by atoms with van der Waals surface area (Å²) >= 11 is 0. The zero-order chi connectivity index (χ0) is 8.55. The molecule has 0 unspecified atom stereocenters. The van der Waals surface area contributed by atoms with Crippen LogP contribution in [0.4, 0.5) is 5.69 Å². The minimum atomic E-state index is 0.379. The number of aryl methyl sites for hydroxylation is 1. The summed E-state index contributed by atoms with van der Waals surface area (Å²) in [5, 5.41) is 9.26. The molecule has 0 amide bonds. The van der Waals surface area contributed by atoms with Gasteiger partial charge in [0.1, 0.15) is 5.75 Å². The van der Waals surface area contributed by atoms with Gasteiger partial charge >= 0.3 is 0 Å². The number of phenols is 1. The van der Waals surface area contributed by atoms with E-state index in [1.165, 1.54) is 17.7 Å². The average Bonchev–Trinajstić information content (AvgIpc) is 2.04. The molecule has 0 aromatic heterocycles. The molecule has 0 aliphatic carbocycles. The average molecular weight is 163 g/mol. The van der Waals surface area contributed by atoms with Gasteiger partial charge in [-0.2, -0.15) is 0 Å². The Morgan fingerprint density at radius 3 is 3.08 bits per heavy atom. The highest BCUT2D eigenvalue weighted by Gasteiger charge is 2.12. The van der Waals surface area contributed by atoms with Crippen molar-refractivity contribution in [1.82, 2.24) is 0 Å². The zero-order valence-electron chi connectivity index (χ0n) is 7.25. The van der Waals surface area contributed by atoms with E-state index >= 15 is 0 Å². The number of rotatable bonds is 0. The molecule has 2 rings (SSSR count). The third kappa shape index (κ3) is 1.13. The van der Waals surface area contributed by atoms with Crippen LogP contribution < -0.4 is 4.90 Å². The molecule has 0 atom stereocenters. The highest BCUT2D eigenvalue weighted by Crippen LogP contribution is 2.28. The van der Waals surface area contributed by atoms with Crippen LogP contribution in [0.3, 0.4) is 0 Å². The molecule has 2 nitrogen and oxygen atoms in total. The number of aromatic hydroxyl groups is 1. The standard InChI is InChI=1S/C10H13NO/c1-11-6-2-3-8-7-9(12)4-5-10(8)11/h4-5,7,12H,2-3,6H2,1H3. The van der Waals surface area contributed by atoms with Gasteiger partial charge in [-0.15, -0.1) is 0 Å². The van der Waals surface area contributed by atoms with E-state index in [-0.39, 0.29) is 0 Å². The zero-order valence-corrected chi connectivity index (χ0v) is 7.25. The predicted octanol–water partition coefficient (Wildman–Crippen LogP) is 1.77. The summed E-state index contributed by atoms with van der Waals surface area (Å²) in [5.74, 6) is 0.379. The number of anilines is 1. The summed E-state index contributed by atoms with van der Waals surface area (Å²) in [6, 6.07) is 5.61. The molecule has 1 aromatic rings. The van der Waals surface area contributed by atoms with E-state index < -0.39 is 0 Å².